The zero-order valence-corrected chi connectivity index (χ0v) is 19.9. The second-order valence-electron chi connectivity index (χ2n) is 9.28. The number of nitrogens with one attached hydrogen (secondary N) is 2. The van der Waals surface area contributed by atoms with Crippen molar-refractivity contribution in [1.29, 1.82) is 0 Å². The Balaban J connectivity index is 1.39. The van der Waals surface area contributed by atoms with Crippen LogP contribution in [0.5, 0.6) is 5.75 Å². The van der Waals surface area contributed by atoms with E-state index in [9.17, 15) is 14.7 Å². The summed E-state index contributed by atoms with van der Waals surface area (Å²) in [5.74, 6) is -0.548. The van der Waals surface area contributed by atoms with Crippen molar-refractivity contribution < 1.29 is 14.7 Å². The highest BCUT2D eigenvalue weighted by Crippen LogP contribution is 2.25. The largest absolute Gasteiger partial charge is 0.507 e. The zero-order valence-electron chi connectivity index (χ0n) is 19.9. The van der Waals surface area contributed by atoms with Crippen LogP contribution in [0.15, 0.2) is 90.0 Å². The molecule has 0 aliphatic carbocycles. The molecule has 6 nitrogen and oxygen atoms in total. The van der Waals surface area contributed by atoms with E-state index in [0.717, 1.165) is 16.3 Å². The van der Waals surface area contributed by atoms with Crippen LogP contribution in [-0.2, 0) is 5.41 Å². The van der Waals surface area contributed by atoms with Crippen LogP contribution in [0.4, 0.5) is 5.69 Å². The molecule has 0 aliphatic heterocycles. The molecule has 0 saturated carbocycles. The molecule has 0 heterocycles. The second-order valence-corrected chi connectivity index (χ2v) is 9.28. The predicted octanol–water partition coefficient (Wildman–Crippen LogP) is 5.86. The van der Waals surface area contributed by atoms with Gasteiger partial charge >= 0.3 is 0 Å². The van der Waals surface area contributed by atoms with Gasteiger partial charge in [0, 0.05) is 22.4 Å². The van der Waals surface area contributed by atoms with E-state index in [1.807, 2.05) is 54.6 Å². The SMILES string of the molecule is CC(C)(C)c1ccc(C(=O)Nc2ccc(C(=O)NN=Cc3c(O)ccc4ccccc34)cc2)cc1. The van der Waals surface area contributed by atoms with Gasteiger partial charge in [-0.25, -0.2) is 5.43 Å². The molecule has 4 aromatic rings. The Morgan fingerprint density at radius 1 is 0.800 bits per heavy atom. The van der Waals surface area contributed by atoms with Crippen LogP contribution >= 0.6 is 0 Å². The maximum absolute atomic E-state index is 12.6. The normalized spacial score (nSPS) is 11.5. The zero-order chi connectivity index (χ0) is 25.0. The van der Waals surface area contributed by atoms with Gasteiger partial charge in [-0.3, -0.25) is 9.59 Å². The number of carbonyl (C=O) groups excluding carboxylic acids is 2. The van der Waals surface area contributed by atoms with Crippen molar-refractivity contribution in [2.24, 2.45) is 5.10 Å². The molecule has 0 aliphatic rings. The standard InChI is InChI=1S/C29H27N3O3/c1-29(2,3)22-13-8-20(9-14-22)27(34)31-23-15-10-21(11-16-23)28(35)32-30-18-25-24-7-5-4-6-19(24)12-17-26(25)33/h4-18,33H,1-3H3,(H,31,34)(H,32,35). The number of rotatable bonds is 5. The number of aromatic hydroxyl groups is 1. The number of carbonyl (C=O) groups is 2. The number of hydrazone groups is 1. The maximum Gasteiger partial charge on any atom is 0.271 e. The van der Waals surface area contributed by atoms with E-state index in [1.54, 1.807) is 30.3 Å². The van der Waals surface area contributed by atoms with E-state index in [1.165, 1.54) is 6.21 Å². The molecular weight excluding hydrogens is 438 g/mol. The van der Waals surface area contributed by atoms with Crippen LogP contribution in [0, 0.1) is 0 Å². The Kier molecular flexibility index (Phi) is 6.64. The number of nitrogens with zero attached hydrogens (tertiary/aromatic N) is 1. The smallest absolute Gasteiger partial charge is 0.271 e. The lowest BCUT2D eigenvalue weighted by atomic mass is 9.87. The van der Waals surface area contributed by atoms with E-state index < -0.39 is 5.91 Å². The number of fused-ring (bicyclic) bond motifs is 1. The molecule has 0 bridgehead atoms. The van der Waals surface area contributed by atoms with Gasteiger partial charge in [0.25, 0.3) is 11.8 Å². The van der Waals surface area contributed by atoms with Crippen LogP contribution in [-0.4, -0.2) is 23.1 Å². The van der Waals surface area contributed by atoms with Crippen LogP contribution < -0.4 is 10.7 Å². The second kappa shape index (κ2) is 9.81. The third kappa shape index (κ3) is 5.55. The lowest BCUT2D eigenvalue weighted by Gasteiger charge is -2.19. The molecule has 0 aromatic heterocycles. The lowest BCUT2D eigenvalue weighted by molar-refractivity contribution is 0.0954. The number of amides is 2. The van der Waals surface area contributed by atoms with E-state index in [4.69, 9.17) is 0 Å². The highest BCUT2D eigenvalue weighted by Gasteiger charge is 2.14. The first kappa shape index (κ1) is 23.7. The molecular formula is C29H27N3O3. The Hall–Kier alpha value is -4.45. The summed E-state index contributed by atoms with van der Waals surface area (Å²) in [6.45, 7) is 6.37. The number of benzene rings is 4. The molecule has 6 heteroatoms. The Bertz CT molecular complexity index is 1400. The van der Waals surface area contributed by atoms with Gasteiger partial charge in [-0.2, -0.15) is 5.10 Å². The quantitative estimate of drug-likeness (QED) is 0.255. The van der Waals surface area contributed by atoms with Gasteiger partial charge in [-0.05, 0) is 64.2 Å². The summed E-state index contributed by atoms with van der Waals surface area (Å²) >= 11 is 0. The average Bonchev–Trinajstić information content (AvgIpc) is 2.85. The van der Waals surface area contributed by atoms with Crippen molar-refractivity contribution >= 4 is 34.5 Å². The summed E-state index contributed by atoms with van der Waals surface area (Å²) in [4.78, 5) is 25.0. The highest BCUT2D eigenvalue weighted by molar-refractivity contribution is 6.05. The van der Waals surface area contributed by atoms with Crippen molar-refractivity contribution in [2.75, 3.05) is 5.32 Å². The molecule has 2 amide bonds. The molecule has 0 unspecified atom stereocenters. The first-order valence-electron chi connectivity index (χ1n) is 11.3. The van der Waals surface area contributed by atoms with Crippen LogP contribution in [0.2, 0.25) is 0 Å². The maximum atomic E-state index is 12.6. The monoisotopic (exact) mass is 465 g/mol. The molecule has 4 rings (SSSR count). The first-order chi connectivity index (χ1) is 16.7. The van der Waals surface area contributed by atoms with Gasteiger partial charge in [0.1, 0.15) is 5.75 Å². The summed E-state index contributed by atoms with van der Waals surface area (Å²) in [5, 5.41) is 18.8. The minimum absolute atomic E-state index is 0.0186. The van der Waals surface area contributed by atoms with E-state index in [0.29, 0.717) is 22.4 Å². The fourth-order valence-electron chi connectivity index (χ4n) is 3.67. The lowest BCUT2D eigenvalue weighted by Crippen LogP contribution is -2.18. The van der Waals surface area contributed by atoms with Crippen LogP contribution in [0.3, 0.4) is 0 Å². The molecule has 0 atom stereocenters. The third-order valence-corrected chi connectivity index (χ3v) is 5.73. The summed E-state index contributed by atoms with van der Waals surface area (Å²) in [6, 6.07) is 25.1. The third-order valence-electron chi connectivity index (χ3n) is 5.73. The number of phenols is 1. The van der Waals surface area contributed by atoms with Crippen molar-refractivity contribution in [1.82, 2.24) is 5.43 Å². The summed E-state index contributed by atoms with van der Waals surface area (Å²) in [7, 11) is 0. The molecule has 0 radical (unpaired) electrons. The molecule has 3 N–H and O–H groups in total. The number of anilines is 1. The number of phenolic OH excluding ortho intramolecular Hbond substituents is 1. The van der Waals surface area contributed by atoms with Gasteiger partial charge in [0.05, 0.1) is 6.21 Å². The Labute approximate surface area is 204 Å². The van der Waals surface area contributed by atoms with E-state index in [-0.39, 0.29) is 17.1 Å². The molecule has 0 spiro atoms. The van der Waals surface area contributed by atoms with Gasteiger partial charge in [0.15, 0.2) is 0 Å². The van der Waals surface area contributed by atoms with Gasteiger partial charge in [0.2, 0.25) is 0 Å². The Morgan fingerprint density at radius 3 is 2.11 bits per heavy atom. The molecule has 176 valence electrons. The molecule has 35 heavy (non-hydrogen) atoms. The summed E-state index contributed by atoms with van der Waals surface area (Å²) in [6.07, 6.45) is 1.43. The number of hydrogen-bond acceptors (Lipinski definition) is 4. The number of hydrogen-bond donors (Lipinski definition) is 3. The fourth-order valence-corrected chi connectivity index (χ4v) is 3.67. The minimum Gasteiger partial charge on any atom is -0.507 e. The van der Waals surface area contributed by atoms with Crippen molar-refractivity contribution in [3.8, 4) is 5.75 Å². The molecule has 0 saturated heterocycles. The first-order valence-corrected chi connectivity index (χ1v) is 11.3. The minimum atomic E-state index is -0.406. The summed E-state index contributed by atoms with van der Waals surface area (Å²) in [5.41, 5.74) is 5.70. The molecule has 0 fully saturated rings. The van der Waals surface area contributed by atoms with Gasteiger partial charge in [-0.15, -0.1) is 0 Å². The Morgan fingerprint density at radius 2 is 1.43 bits per heavy atom. The predicted molar refractivity (Wildman–Crippen MR) is 140 cm³/mol. The van der Waals surface area contributed by atoms with Gasteiger partial charge < -0.3 is 10.4 Å². The summed E-state index contributed by atoms with van der Waals surface area (Å²) < 4.78 is 0. The van der Waals surface area contributed by atoms with Crippen LogP contribution in [0.25, 0.3) is 10.8 Å². The average molecular weight is 466 g/mol. The fraction of sp³-hybridized carbons (Fsp3) is 0.138. The van der Waals surface area contributed by atoms with E-state index >= 15 is 0 Å². The highest BCUT2D eigenvalue weighted by atomic mass is 16.3. The topological polar surface area (TPSA) is 90.8 Å². The van der Waals surface area contributed by atoms with E-state index in [2.05, 4.69) is 36.6 Å². The van der Waals surface area contributed by atoms with Crippen molar-refractivity contribution in [3.63, 3.8) is 0 Å². The van der Waals surface area contributed by atoms with Gasteiger partial charge in [-0.1, -0.05) is 63.2 Å². The van der Waals surface area contributed by atoms with Crippen molar-refractivity contribution in [2.45, 2.75) is 26.2 Å². The van der Waals surface area contributed by atoms with Crippen molar-refractivity contribution in [3.05, 3.63) is 107 Å². The molecule has 4 aromatic carbocycles. The van der Waals surface area contributed by atoms with Crippen LogP contribution in [0.1, 0.15) is 52.6 Å².